The van der Waals surface area contributed by atoms with Crippen molar-refractivity contribution in [3.05, 3.63) is 86.8 Å². The summed E-state index contributed by atoms with van der Waals surface area (Å²) in [6.45, 7) is 7.62. The quantitative estimate of drug-likeness (QED) is 0.219. The molecule has 12 heteroatoms. The lowest BCUT2D eigenvalue weighted by Gasteiger charge is -2.32. The normalized spacial score (nSPS) is 12.1. The molecule has 0 fully saturated rings. The minimum Gasteiger partial charge on any atom is -0.494 e. The zero-order valence-electron chi connectivity index (χ0n) is 23.8. The number of hydrogen-bond acceptors (Lipinski definition) is 5. The number of nitrogens with one attached hydrogen (secondary N) is 1. The molecule has 0 saturated carbocycles. The molecule has 3 aromatic rings. The second-order valence-corrected chi connectivity index (χ2v) is 13.6. The number of ether oxygens (including phenoxy) is 1. The molecule has 226 valence electrons. The van der Waals surface area contributed by atoms with Gasteiger partial charge in [-0.3, -0.25) is 13.9 Å². The van der Waals surface area contributed by atoms with E-state index in [4.69, 9.17) is 27.9 Å². The fourth-order valence-electron chi connectivity index (χ4n) is 4.01. The number of carbonyl (C=O) groups is 2. The predicted molar refractivity (Wildman–Crippen MR) is 171 cm³/mol. The summed E-state index contributed by atoms with van der Waals surface area (Å²) in [6.07, 6.45) is 0. The summed E-state index contributed by atoms with van der Waals surface area (Å²) in [6, 6.07) is 16.5. The highest BCUT2D eigenvalue weighted by Crippen LogP contribution is 2.28. The molecule has 0 bridgehead atoms. The lowest BCUT2D eigenvalue weighted by Crippen LogP contribution is -2.51. The average molecular weight is 699 g/mol. The first kappa shape index (κ1) is 33.7. The van der Waals surface area contributed by atoms with Gasteiger partial charge >= 0.3 is 0 Å². The maximum atomic E-state index is 14.0. The Kier molecular flexibility index (Phi) is 12.1. The van der Waals surface area contributed by atoms with Crippen LogP contribution in [-0.2, 0) is 26.2 Å². The summed E-state index contributed by atoms with van der Waals surface area (Å²) in [5.41, 5.74) is 0.817. The van der Waals surface area contributed by atoms with E-state index in [0.29, 0.717) is 39.0 Å². The third kappa shape index (κ3) is 8.86. The third-order valence-electron chi connectivity index (χ3n) is 6.32. The highest BCUT2D eigenvalue weighted by molar-refractivity contribution is 9.10. The number of amides is 2. The van der Waals surface area contributed by atoms with Gasteiger partial charge in [0.2, 0.25) is 11.8 Å². The number of rotatable bonds is 13. The van der Waals surface area contributed by atoms with E-state index in [1.165, 1.54) is 17.0 Å². The summed E-state index contributed by atoms with van der Waals surface area (Å²) < 4.78 is 35.1. The summed E-state index contributed by atoms with van der Waals surface area (Å²) in [5.74, 6) is -0.210. The van der Waals surface area contributed by atoms with Gasteiger partial charge in [0.25, 0.3) is 10.0 Å². The van der Waals surface area contributed by atoms with E-state index in [1.807, 2.05) is 20.8 Å². The first-order valence-electron chi connectivity index (χ1n) is 13.4. The van der Waals surface area contributed by atoms with Crippen LogP contribution in [0.3, 0.4) is 0 Å². The van der Waals surface area contributed by atoms with Gasteiger partial charge in [-0.2, -0.15) is 0 Å². The molecule has 0 aliphatic carbocycles. The van der Waals surface area contributed by atoms with Crippen molar-refractivity contribution in [1.29, 1.82) is 0 Å². The molecule has 3 aromatic carbocycles. The van der Waals surface area contributed by atoms with Crippen LogP contribution in [0.15, 0.2) is 76.1 Å². The zero-order chi connectivity index (χ0) is 31.0. The molecule has 0 heterocycles. The molecule has 1 atom stereocenters. The molecule has 0 aliphatic rings. The Hall–Kier alpha value is -2.79. The molecule has 0 unspecified atom stereocenters. The Morgan fingerprint density at radius 1 is 0.976 bits per heavy atom. The number of nitrogens with zero attached hydrogens (tertiary/aromatic N) is 2. The number of anilines is 1. The van der Waals surface area contributed by atoms with Crippen LogP contribution in [0.25, 0.3) is 0 Å². The maximum absolute atomic E-state index is 14.0. The minimum atomic E-state index is -4.20. The van der Waals surface area contributed by atoms with Crippen LogP contribution < -0.4 is 14.4 Å². The molecular weight excluding hydrogens is 665 g/mol. The predicted octanol–water partition coefficient (Wildman–Crippen LogP) is 6.54. The molecule has 1 N–H and O–H groups in total. The molecule has 3 rings (SSSR count). The van der Waals surface area contributed by atoms with Crippen LogP contribution in [0.4, 0.5) is 5.69 Å². The van der Waals surface area contributed by atoms with Crippen LogP contribution in [-0.4, -0.2) is 50.9 Å². The average Bonchev–Trinajstić information content (AvgIpc) is 2.94. The molecule has 0 saturated heterocycles. The summed E-state index contributed by atoms with van der Waals surface area (Å²) in [4.78, 5) is 28.5. The molecule has 42 heavy (non-hydrogen) atoms. The smallest absolute Gasteiger partial charge is 0.264 e. The molecule has 0 spiro atoms. The van der Waals surface area contributed by atoms with Gasteiger partial charge in [-0.1, -0.05) is 59.0 Å². The second-order valence-electron chi connectivity index (χ2n) is 9.96. The molecule has 8 nitrogen and oxygen atoms in total. The van der Waals surface area contributed by atoms with Crippen molar-refractivity contribution in [3.8, 4) is 5.75 Å². The van der Waals surface area contributed by atoms with E-state index in [1.54, 1.807) is 61.5 Å². The minimum absolute atomic E-state index is 0.00223. The Labute approximate surface area is 266 Å². The van der Waals surface area contributed by atoms with Crippen molar-refractivity contribution in [2.24, 2.45) is 5.92 Å². The Morgan fingerprint density at radius 2 is 1.62 bits per heavy atom. The van der Waals surface area contributed by atoms with Crippen LogP contribution in [0.1, 0.15) is 33.3 Å². The lowest BCUT2D eigenvalue weighted by molar-refractivity contribution is -0.139. The number of hydrogen-bond donors (Lipinski definition) is 1. The van der Waals surface area contributed by atoms with Gasteiger partial charge in [-0.05, 0) is 86.0 Å². The fraction of sp³-hybridized carbons (Fsp3) is 0.333. The highest BCUT2D eigenvalue weighted by atomic mass is 79.9. The van der Waals surface area contributed by atoms with E-state index in [9.17, 15) is 18.0 Å². The number of benzene rings is 3. The molecule has 2 amide bonds. The Balaban J connectivity index is 2.04. The van der Waals surface area contributed by atoms with Crippen LogP contribution in [0.5, 0.6) is 5.75 Å². The Bertz CT molecular complexity index is 1490. The third-order valence-corrected chi connectivity index (χ3v) is 9.23. The standard InChI is InChI=1S/C30H34BrCl2N3O5S/c1-5-41-26-12-10-25(11-13-26)36(42(39,40)27-14-7-23(31)8-15-27)19-29(37)35(21(4)30(38)34-17-20(2)3)18-22-6-9-24(32)16-28(22)33/h6-16,20-21H,5,17-19H2,1-4H3,(H,34,38)/t21-/m0/s1. The van der Waals surface area contributed by atoms with Crippen molar-refractivity contribution in [2.45, 2.75) is 45.2 Å². The van der Waals surface area contributed by atoms with Crippen molar-refractivity contribution in [1.82, 2.24) is 10.2 Å². The summed E-state index contributed by atoms with van der Waals surface area (Å²) in [5, 5.41) is 3.60. The van der Waals surface area contributed by atoms with E-state index in [2.05, 4.69) is 21.2 Å². The largest absolute Gasteiger partial charge is 0.494 e. The lowest BCUT2D eigenvalue weighted by atomic mass is 10.1. The number of sulfonamides is 1. The molecule has 0 aromatic heterocycles. The monoisotopic (exact) mass is 697 g/mol. The van der Waals surface area contributed by atoms with Gasteiger partial charge in [0.05, 0.1) is 17.2 Å². The van der Waals surface area contributed by atoms with Gasteiger partial charge in [0.15, 0.2) is 0 Å². The van der Waals surface area contributed by atoms with Crippen LogP contribution >= 0.6 is 39.1 Å². The fourth-order valence-corrected chi connectivity index (χ4v) is 6.15. The van der Waals surface area contributed by atoms with E-state index >= 15 is 0 Å². The molecule has 0 radical (unpaired) electrons. The topological polar surface area (TPSA) is 96.0 Å². The second kappa shape index (κ2) is 15.1. The number of carbonyl (C=O) groups excluding carboxylic acids is 2. The van der Waals surface area contributed by atoms with Crippen molar-refractivity contribution < 1.29 is 22.7 Å². The van der Waals surface area contributed by atoms with Crippen molar-refractivity contribution >= 4 is 66.7 Å². The van der Waals surface area contributed by atoms with Crippen molar-refractivity contribution in [2.75, 3.05) is 24.0 Å². The van der Waals surface area contributed by atoms with Gasteiger partial charge in [0, 0.05) is 27.6 Å². The van der Waals surface area contributed by atoms with Gasteiger partial charge < -0.3 is 15.0 Å². The molecular formula is C30H34BrCl2N3O5S. The highest BCUT2D eigenvalue weighted by Gasteiger charge is 2.33. The van der Waals surface area contributed by atoms with E-state index in [-0.39, 0.29) is 29.0 Å². The van der Waals surface area contributed by atoms with Crippen LogP contribution in [0, 0.1) is 5.92 Å². The van der Waals surface area contributed by atoms with Gasteiger partial charge in [-0.25, -0.2) is 8.42 Å². The Morgan fingerprint density at radius 3 is 2.19 bits per heavy atom. The maximum Gasteiger partial charge on any atom is 0.264 e. The van der Waals surface area contributed by atoms with E-state index < -0.39 is 28.5 Å². The van der Waals surface area contributed by atoms with Gasteiger partial charge in [-0.15, -0.1) is 0 Å². The zero-order valence-corrected chi connectivity index (χ0v) is 27.7. The van der Waals surface area contributed by atoms with Crippen molar-refractivity contribution in [3.63, 3.8) is 0 Å². The van der Waals surface area contributed by atoms with Crippen LogP contribution in [0.2, 0.25) is 10.0 Å². The van der Waals surface area contributed by atoms with E-state index in [0.717, 1.165) is 4.31 Å². The summed E-state index contributed by atoms with van der Waals surface area (Å²) in [7, 11) is -4.20. The first-order chi connectivity index (χ1) is 19.8. The SMILES string of the molecule is CCOc1ccc(N(CC(=O)N(Cc2ccc(Cl)cc2Cl)[C@@H](C)C(=O)NCC(C)C)S(=O)(=O)c2ccc(Br)cc2)cc1. The molecule has 0 aliphatic heterocycles. The van der Waals surface area contributed by atoms with Gasteiger partial charge in [0.1, 0.15) is 18.3 Å². The summed E-state index contributed by atoms with van der Waals surface area (Å²) >= 11 is 15.8. The number of halogens is 3. The first-order valence-corrected chi connectivity index (χ1v) is 16.3.